The minimum absolute atomic E-state index is 0.377. The van der Waals surface area contributed by atoms with Crippen molar-refractivity contribution in [2.75, 3.05) is 0 Å². The molecule has 3 heterocycles. The lowest BCUT2D eigenvalue weighted by atomic mass is 9.78. The first-order valence-corrected chi connectivity index (χ1v) is 21.0. The summed E-state index contributed by atoms with van der Waals surface area (Å²) in [5, 5.41) is 2.58. The van der Waals surface area contributed by atoms with Crippen molar-refractivity contribution in [3.63, 3.8) is 0 Å². The fourth-order valence-electron chi connectivity index (χ4n) is 8.12. The SMILES string of the molecule is CC(C)CCCC(C)CCC(CCC(C)CCCC(C)C)n1c2cc(B3OC(C)(C)C(C)(C)O3)ccc2c2ccc(B3OC(C)(C)C(C)(C)O3)cc21. The second-order valence-electron chi connectivity index (χ2n) is 19.8. The maximum Gasteiger partial charge on any atom is 0.494 e. The molecule has 3 aromatic rings. The highest BCUT2D eigenvalue weighted by molar-refractivity contribution is 6.63. The van der Waals surface area contributed by atoms with Gasteiger partial charge in [-0.3, -0.25) is 0 Å². The molecule has 5 nitrogen and oxygen atoms in total. The van der Waals surface area contributed by atoms with Gasteiger partial charge in [-0.1, -0.05) is 104 Å². The zero-order valence-corrected chi connectivity index (χ0v) is 35.7. The van der Waals surface area contributed by atoms with E-state index in [0.29, 0.717) is 17.9 Å². The van der Waals surface area contributed by atoms with Gasteiger partial charge in [-0.25, -0.2) is 0 Å². The van der Waals surface area contributed by atoms with Crippen molar-refractivity contribution in [1.82, 2.24) is 4.57 Å². The van der Waals surface area contributed by atoms with Crippen LogP contribution in [-0.4, -0.2) is 41.2 Å². The fourth-order valence-corrected chi connectivity index (χ4v) is 8.12. The third kappa shape index (κ3) is 9.18. The second kappa shape index (κ2) is 16.1. The zero-order valence-electron chi connectivity index (χ0n) is 35.7. The Balaban J connectivity index is 1.58. The molecule has 2 saturated heterocycles. The lowest BCUT2D eigenvalue weighted by molar-refractivity contribution is 0.00578. The molecule has 288 valence electrons. The van der Waals surface area contributed by atoms with E-state index in [1.54, 1.807) is 0 Å². The lowest BCUT2D eigenvalue weighted by Crippen LogP contribution is -2.41. The topological polar surface area (TPSA) is 41.9 Å². The van der Waals surface area contributed by atoms with Crippen molar-refractivity contribution in [3.05, 3.63) is 36.4 Å². The van der Waals surface area contributed by atoms with Crippen molar-refractivity contribution in [2.45, 2.75) is 190 Å². The molecule has 5 rings (SSSR count). The van der Waals surface area contributed by atoms with Gasteiger partial charge in [-0.2, -0.15) is 0 Å². The van der Waals surface area contributed by atoms with E-state index in [2.05, 4.69) is 138 Å². The van der Waals surface area contributed by atoms with Gasteiger partial charge in [-0.05, 0) is 128 Å². The normalized spacial score (nSPS) is 21.2. The summed E-state index contributed by atoms with van der Waals surface area (Å²) in [6, 6.07) is 14.2. The molecule has 2 atom stereocenters. The Hall–Kier alpha value is -1.79. The Kier molecular flexibility index (Phi) is 12.8. The summed E-state index contributed by atoms with van der Waals surface area (Å²) in [7, 11) is -0.803. The molecule has 0 aliphatic carbocycles. The number of fused-ring (bicyclic) bond motifs is 3. The van der Waals surface area contributed by atoms with E-state index in [1.807, 2.05) is 0 Å². The predicted molar refractivity (Wildman–Crippen MR) is 224 cm³/mol. The summed E-state index contributed by atoms with van der Waals surface area (Å²) < 4.78 is 29.1. The average molecular weight is 714 g/mol. The summed E-state index contributed by atoms with van der Waals surface area (Å²) >= 11 is 0. The van der Waals surface area contributed by atoms with Crippen molar-refractivity contribution in [1.29, 1.82) is 0 Å². The fraction of sp³-hybridized carbons (Fsp3) is 0.733. The minimum Gasteiger partial charge on any atom is -0.399 e. The largest absolute Gasteiger partial charge is 0.494 e. The summed E-state index contributed by atoms with van der Waals surface area (Å²) in [4.78, 5) is 0. The van der Waals surface area contributed by atoms with E-state index < -0.39 is 36.6 Å². The van der Waals surface area contributed by atoms with Crippen LogP contribution in [-0.2, 0) is 18.6 Å². The molecule has 0 N–H and O–H groups in total. The number of hydrogen-bond donors (Lipinski definition) is 0. The second-order valence-corrected chi connectivity index (χ2v) is 19.8. The van der Waals surface area contributed by atoms with Gasteiger partial charge in [0.2, 0.25) is 0 Å². The highest BCUT2D eigenvalue weighted by atomic mass is 16.7. The molecule has 0 saturated carbocycles. The van der Waals surface area contributed by atoms with Crippen molar-refractivity contribution in [2.24, 2.45) is 23.7 Å². The molecule has 7 heteroatoms. The van der Waals surface area contributed by atoms with Crippen molar-refractivity contribution < 1.29 is 18.6 Å². The summed E-state index contributed by atoms with van der Waals surface area (Å²) in [5.41, 5.74) is 3.16. The molecular weight excluding hydrogens is 640 g/mol. The number of nitrogens with zero attached hydrogens (tertiary/aromatic N) is 1. The maximum absolute atomic E-state index is 6.60. The third-order valence-electron chi connectivity index (χ3n) is 13.2. The van der Waals surface area contributed by atoms with Gasteiger partial charge >= 0.3 is 14.2 Å². The molecule has 0 spiro atoms. The van der Waals surface area contributed by atoms with E-state index in [-0.39, 0.29) is 0 Å². The Morgan fingerprint density at radius 2 is 0.827 bits per heavy atom. The van der Waals surface area contributed by atoms with Crippen LogP contribution in [0.3, 0.4) is 0 Å². The molecule has 1 aromatic heterocycles. The van der Waals surface area contributed by atoms with Crippen molar-refractivity contribution >= 4 is 47.0 Å². The molecule has 0 amide bonds. The Labute approximate surface area is 318 Å². The van der Waals surface area contributed by atoms with Crippen LogP contribution in [0.15, 0.2) is 36.4 Å². The minimum atomic E-state index is -0.401. The van der Waals surface area contributed by atoms with E-state index in [9.17, 15) is 0 Å². The first kappa shape index (κ1) is 41.4. The van der Waals surface area contributed by atoms with Gasteiger partial charge in [0.15, 0.2) is 0 Å². The van der Waals surface area contributed by atoms with Crippen LogP contribution in [0.1, 0.15) is 167 Å². The quantitative estimate of drug-likeness (QED) is 0.131. The van der Waals surface area contributed by atoms with Gasteiger partial charge in [0, 0.05) is 27.8 Å². The molecule has 2 aromatic carbocycles. The first-order valence-electron chi connectivity index (χ1n) is 21.0. The van der Waals surface area contributed by atoms with Crippen LogP contribution in [0.5, 0.6) is 0 Å². The molecule has 0 radical (unpaired) electrons. The van der Waals surface area contributed by atoms with Crippen LogP contribution in [0.25, 0.3) is 21.8 Å². The van der Waals surface area contributed by atoms with Gasteiger partial charge in [0.05, 0.1) is 22.4 Å². The van der Waals surface area contributed by atoms with E-state index >= 15 is 0 Å². The van der Waals surface area contributed by atoms with Gasteiger partial charge in [-0.15, -0.1) is 0 Å². The van der Waals surface area contributed by atoms with Crippen LogP contribution in [0.4, 0.5) is 0 Å². The summed E-state index contributed by atoms with van der Waals surface area (Å²) in [6.07, 6.45) is 12.7. The number of aromatic nitrogens is 1. The zero-order chi connectivity index (χ0) is 38.2. The number of rotatable bonds is 17. The maximum atomic E-state index is 6.60. The summed E-state index contributed by atoms with van der Waals surface area (Å²) in [5.74, 6) is 2.95. The van der Waals surface area contributed by atoms with E-state index in [1.165, 1.54) is 86.0 Å². The molecule has 0 bridgehead atoms. The Bertz CT molecular complexity index is 1490. The highest BCUT2D eigenvalue weighted by Crippen LogP contribution is 2.41. The highest BCUT2D eigenvalue weighted by Gasteiger charge is 2.53. The summed E-state index contributed by atoms with van der Waals surface area (Å²) in [6.45, 7) is 31.5. The smallest absolute Gasteiger partial charge is 0.399 e. The van der Waals surface area contributed by atoms with Crippen LogP contribution >= 0.6 is 0 Å². The number of hydrogen-bond acceptors (Lipinski definition) is 4. The molecule has 2 aliphatic heterocycles. The van der Waals surface area contributed by atoms with Crippen LogP contribution in [0.2, 0.25) is 0 Å². The van der Waals surface area contributed by atoms with Gasteiger partial charge < -0.3 is 23.2 Å². The molecule has 2 fully saturated rings. The molecule has 2 aliphatic rings. The van der Waals surface area contributed by atoms with Crippen LogP contribution < -0.4 is 10.9 Å². The Morgan fingerprint density at radius 1 is 0.481 bits per heavy atom. The predicted octanol–water partition coefficient (Wildman–Crippen LogP) is 11.4. The third-order valence-corrected chi connectivity index (χ3v) is 13.2. The first-order chi connectivity index (χ1) is 24.2. The monoisotopic (exact) mass is 714 g/mol. The number of benzene rings is 2. The van der Waals surface area contributed by atoms with Gasteiger partial charge in [0.25, 0.3) is 0 Å². The Morgan fingerprint density at radius 3 is 1.15 bits per heavy atom. The van der Waals surface area contributed by atoms with Crippen molar-refractivity contribution in [3.8, 4) is 0 Å². The molecule has 52 heavy (non-hydrogen) atoms. The molecular formula is C45H73B2NO4. The van der Waals surface area contributed by atoms with Gasteiger partial charge in [0.1, 0.15) is 0 Å². The van der Waals surface area contributed by atoms with E-state index in [0.717, 1.165) is 22.8 Å². The van der Waals surface area contributed by atoms with E-state index in [4.69, 9.17) is 18.6 Å². The molecule has 2 unspecified atom stereocenters. The standard InChI is InChI=1S/C45H73B2NO4/c1-31(2)17-15-19-33(5)21-25-37(26-22-34(6)20-16-18-32(3)4)48-40-29-35(46-49-42(7,8)43(9,10)50-46)23-27-38(40)39-28-24-36(30-41(39)48)47-51-44(11,12)45(13,14)52-47/h23-24,27-34,37H,15-22,25-26H2,1-14H3. The van der Waals surface area contributed by atoms with Crippen LogP contribution in [0, 0.1) is 23.7 Å². The average Bonchev–Trinajstić information content (AvgIpc) is 3.56. The lowest BCUT2D eigenvalue weighted by Gasteiger charge is -2.32.